The molecule has 0 radical (unpaired) electrons. The van der Waals surface area contributed by atoms with Gasteiger partial charge in [-0.15, -0.1) is 0 Å². The van der Waals surface area contributed by atoms with Crippen LogP contribution >= 0.6 is 0 Å². The van der Waals surface area contributed by atoms with Crippen molar-refractivity contribution in [2.75, 3.05) is 14.2 Å². The third-order valence-electron chi connectivity index (χ3n) is 3.17. The standard InChI is InChI=1S/C13H18N2O/c1-8-11-6-5-10(16-4)7-12(11)15-13(8)9(2)14-3/h5-7,9,14-15H,1-4H3. The zero-order chi connectivity index (χ0) is 11.7. The number of benzene rings is 1. The van der Waals surface area contributed by atoms with Crippen LogP contribution in [0.5, 0.6) is 5.75 Å². The lowest BCUT2D eigenvalue weighted by Gasteiger charge is -2.08. The Morgan fingerprint density at radius 3 is 2.75 bits per heavy atom. The first kappa shape index (κ1) is 11.0. The van der Waals surface area contributed by atoms with Gasteiger partial charge in [-0.05, 0) is 38.6 Å². The quantitative estimate of drug-likeness (QED) is 0.831. The van der Waals surface area contributed by atoms with E-state index < -0.39 is 0 Å². The highest BCUT2D eigenvalue weighted by atomic mass is 16.5. The average Bonchev–Trinajstić information content (AvgIpc) is 2.65. The highest BCUT2D eigenvalue weighted by molar-refractivity contribution is 5.85. The van der Waals surface area contributed by atoms with Crippen LogP contribution in [0.15, 0.2) is 18.2 Å². The van der Waals surface area contributed by atoms with Gasteiger partial charge in [-0.25, -0.2) is 0 Å². The first-order chi connectivity index (χ1) is 7.67. The monoisotopic (exact) mass is 218 g/mol. The van der Waals surface area contributed by atoms with Crippen LogP contribution < -0.4 is 10.1 Å². The van der Waals surface area contributed by atoms with E-state index in [9.17, 15) is 0 Å². The first-order valence-electron chi connectivity index (χ1n) is 5.51. The van der Waals surface area contributed by atoms with E-state index in [1.807, 2.05) is 19.2 Å². The van der Waals surface area contributed by atoms with E-state index in [4.69, 9.17) is 4.74 Å². The number of aryl methyl sites for hydroxylation is 1. The van der Waals surface area contributed by atoms with Crippen LogP contribution in [-0.2, 0) is 0 Å². The Morgan fingerprint density at radius 1 is 1.38 bits per heavy atom. The third-order valence-corrected chi connectivity index (χ3v) is 3.17. The molecule has 86 valence electrons. The van der Waals surface area contributed by atoms with Gasteiger partial charge in [0.1, 0.15) is 5.75 Å². The average molecular weight is 218 g/mol. The lowest BCUT2D eigenvalue weighted by Crippen LogP contribution is -2.13. The number of hydrogen-bond donors (Lipinski definition) is 2. The van der Waals surface area contributed by atoms with Gasteiger partial charge in [0.15, 0.2) is 0 Å². The second-order valence-electron chi connectivity index (χ2n) is 4.09. The van der Waals surface area contributed by atoms with E-state index in [0.29, 0.717) is 6.04 Å². The summed E-state index contributed by atoms with van der Waals surface area (Å²) in [6.07, 6.45) is 0. The maximum absolute atomic E-state index is 5.22. The predicted octanol–water partition coefficient (Wildman–Crippen LogP) is 2.77. The Morgan fingerprint density at radius 2 is 2.12 bits per heavy atom. The largest absolute Gasteiger partial charge is 0.497 e. The van der Waals surface area contributed by atoms with Crippen LogP contribution in [0.25, 0.3) is 10.9 Å². The van der Waals surface area contributed by atoms with Crippen LogP contribution in [0.1, 0.15) is 24.2 Å². The van der Waals surface area contributed by atoms with E-state index in [1.165, 1.54) is 16.6 Å². The van der Waals surface area contributed by atoms with Crippen molar-refractivity contribution < 1.29 is 4.74 Å². The molecule has 0 saturated heterocycles. The molecule has 1 atom stereocenters. The van der Waals surface area contributed by atoms with Gasteiger partial charge in [0, 0.05) is 28.7 Å². The summed E-state index contributed by atoms with van der Waals surface area (Å²) in [7, 11) is 3.66. The molecule has 1 heterocycles. The molecule has 1 unspecified atom stereocenters. The molecule has 16 heavy (non-hydrogen) atoms. The van der Waals surface area contributed by atoms with Crippen LogP contribution in [0.4, 0.5) is 0 Å². The summed E-state index contributed by atoms with van der Waals surface area (Å²) >= 11 is 0. The van der Waals surface area contributed by atoms with Crippen molar-refractivity contribution in [1.29, 1.82) is 0 Å². The lowest BCUT2D eigenvalue weighted by atomic mass is 10.1. The number of aromatic amines is 1. The van der Waals surface area contributed by atoms with Crippen LogP contribution in [0.2, 0.25) is 0 Å². The fourth-order valence-corrected chi connectivity index (χ4v) is 2.04. The number of rotatable bonds is 3. The Labute approximate surface area is 95.8 Å². The summed E-state index contributed by atoms with van der Waals surface area (Å²) in [5, 5.41) is 4.51. The number of nitrogens with one attached hydrogen (secondary N) is 2. The summed E-state index contributed by atoms with van der Waals surface area (Å²) in [6, 6.07) is 6.47. The Hall–Kier alpha value is -1.48. The van der Waals surface area contributed by atoms with Crippen molar-refractivity contribution in [3.8, 4) is 5.75 Å². The van der Waals surface area contributed by atoms with Crippen molar-refractivity contribution in [3.05, 3.63) is 29.5 Å². The fraction of sp³-hybridized carbons (Fsp3) is 0.385. The van der Waals surface area contributed by atoms with Crippen molar-refractivity contribution in [1.82, 2.24) is 10.3 Å². The van der Waals surface area contributed by atoms with Gasteiger partial charge in [0.05, 0.1) is 7.11 Å². The zero-order valence-electron chi connectivity index (χ0n) is 10.2. The summed E-state index contributed by atoms with van der Waals surface area (Å²) in [4.78, 5) is 3.45. The number of hydrogen-bond acceptors (Lipinski definition) is 2. The molecular weight excluding hydrogens is 200 g/mol. The van der Waals surface area contributed by atoms with Crippen molar-refractivity contribution in [2.45, 2.75) is 19.9 Å². The zero-order valence-corrected chi connectivity index (χ0v) is 10.2. The molecule has 0 aliphatic heterocycles. The maximum Gasteiger partial charge on any atom is 0.120 e. The smallest absolute Gasteiger partial charge is 0.120 e. The minimum atomic E-state index is 0.332. The molecule has 3 heteroatoms. The molecule has 1 aromatic heterocycles. The van der Waals surface area contributed by atoms with Gasteiger partial charge in [-0.3, -0.25) is 0 Å². The van der Waals surface area contributed by atoms with Crippen LogP contribution in [0, 0.1) is 6.92 Å². The van der Waals surface area contributed by atoms with Gasteiger partial charge < -0.3 is 15.0 Å². The SMILES string of the molecule is CNC(C)c1[nH]c2cc(OC)ccc2c1C. The van der Waals surface area contributed by atoms with Crippen molar-refractivity contribution in [2.24, 2.45) is 0 Å². The molecule has 0 bridgehead atoms. The number of methoxy groups -OCH3 is 1. The minimum Gasteiger partial charge on any atom is -0.497 e. The van der Waals surface area contributed by atoms with Crippen LogP contribution in [-0.4, -0.2) is 19.1 Å². The Balaban J connectivity index is 2.58. The van der Waals surface area contributed by atoms with E-state index in [0.717, 1.165) is 11.3 Å². The molecule has 0 fully saturated rings. The van der Waals surface area contributed by atoms with Gasteiger partial charge in [-0.2, -0.15) is 0 Å². The number of fused-ring (bicyclic) bond motifs is 1. The van der Waals surface area contributed by atoms with Crippen molar-refractivity contribution in [3.63, 3.8) is 0 Å². The first-order valence-corrected chi connectivity index (χ1v) is 5.51. The molecule has 0 aliphatic carbocycles. The topological polar surface area (TPSA) is 37.0 Å². The van der Waals surface area contributed by atoms with Gasteiger partial charge in [-0.1, -0.05) is 0 Å². The predicted molar refractivity (Wildman–Crippen MR) is 67.1 cm³/mol. The number of aromatic nitrogens is 1. The summed E-state index contributed by atoms with van der Waals surface area (Å²) < 4.78 is 5.22. The van der Waals surface area contributed by atoms with E-state index in [2.05, 4.69) is 30.2 Å². The molecule has 0 amide bonds. The number of H-pyrrole nitrogens is 1. The Bertz CT molecular complexity index is 502. The minimum absolute atomic E-state index is 0.332. The van der Waals surface area contributed by atoms with Gasteiger partial charge in [0.2, 0.25) is 0 Å². The molecule has 0 aliphatic rings. The third kappa shape index (κ3) is 1.67. The van der Waals surface area contributed by atoms with Crippen LogP contribution in [0.3, 0.4) is 0 Å². The normalized spacial score (nSPS) is 13.0. The molecule has 2 rings (SSSR count). The van der Waals surface area contributed by atoms with Gasteiger partial charge >= 0.3 is 0 Å². The second kappa shape index (κ2) is 4.18. The highest BCUT2D eigenvalue weighted by Gasteiger charge is 2.12. The number of ether oxygens (including phenoxy) is 1. The summed E-state index contributed by atoms with van der Waals surface area (Å²) in [5.74, 6) is 0.886. The van der Waals surface area contributed by atoms with E-state index in [1.54, 1.807) is 7.11 Å². The molecule has 3 nitrogen and oxygen atoms in total. The lowest BCUT2D eigenvalue weighted by molar-refractivity contribution is 0.415. The summed E-state index contributed by atoms with van der Waals surface area (Å²) in [5.41, 5.74) is 3.68. The Kier molecular flexibility index (Phi) is 2.88. The van der Waals surface area contributed by atoms with E-state index in [-0.39, 0.29) is 0 Å². The molecule has 2 N–H and O–H groups in total. The molecule has 1 aromatic carbocycles. The summed E-state index contributed by atoms with van der Waals surface area (Å²) in [6.45, 7) is 4.30. The molecule has 0 saturated carbocycles. The second-order valence-corrected chi connectivity index (χ2v) is 4.09. The molecule has 0 spiro atoms. The fourth-order valence-electron chi connectivity index (χ4n) is 2.04. The molecule has 2 aromatic rings. The van der Waals surface area contributed by atoms with Gasteiger partial charge in [0.25, 0.3) is 0 Å². The van der Waals surface area contributed by atoms with Crippen molar-refractivity contribution >= 4 is 10.9 Å². The highest BCUT2D eigenvalue weighted by Crippen LogP contribution is 2.28. The molecular formula is C13H18N2O. The maximum atomic E-state index is 5.22. The van der Waals surface area contributed by atoms with E-state index >= 15 is 0 Å².